The van der Waals surface area contributed by atoms with Crippen LogP contribution in [0.5, 0.6) is 0 Å². The molecule has 1 heterocycles. The van der Waals surface area contributed by atoms with Gasteiger partial charge < -0.3 is 10.0 Å². The highest BCUT2D eigenvalue weighted by Crippen LogP contribution is 2.43. The monoisotopic (exact) mass is 387 g/mol. The number of aliphatic hydroxyl groups is 1. The number of hydrogen-bond donors (Lipinski definition) is 1. The molecule has 1 atom stereocenters. The highest BCUT2D eigenvalue weighted by atomic mass is 79.9. The topological polar surface area (TPSA) is 57.6 Å². The first-order valence-corrected chi connectivity index (χ1v) is 8.59. The van der Waals surface area contributed by atoms with Crippen molar-refractivity contribution >= 4 is 33.3 Å². The molecule has 0 saturated heterocycles. The smallest absolute Gasteiger partial charge is 0.263 e. The number of aryl methyl sites for hydroxylation is 1. The van der Waals surface area contributed by atoms with Crippen molar-refractivity contribution in [3.05, 3.63) is 63.6 Å². The third kappa shape index (κ3) is 2.68. The minimum atomic E-state index is -1.83. The maximum Gasteiger partial charge on any atom is 0.263 e. The summed E-state index contributed by atoms with van der Waals surface area (Å²) in [6.07, 6.45) is 0.619. The van der Waals surface area contributed by atoms with E-state index in [1.807, 2.05) is 19.1 Å². The first-order chi connectivity index (χ1) is 11.4. The summed E-state index contributed by atoms with van der Waals surface area (Å²) in [5.41, 5.74) is 0.896. The fourth-order valence-electron chi connectivity index (χ4n) is 3.07. The van der Waals surface area contributed by atoms with Crippen LogP contribution in [0.3, 0.4) is 0 Å². The second kappa shape index (κ2) is 6.15. The Morgan fingerprint density at radius 3 is 2.50 bits per heavy atom. The number of nitrogens with zero attached hydrogens (tertiary/aromatic N) is 1. The number of anilines is 1. The van der Waals surface area contributed by atoms with E-state index in [9.17, 15) is 14.7 Å². The minimum absolute atomic E-state index is 0.255. The van der Waals surface area contributed by atoms with Gasteiger partial charge in [0.15, 0.2) is 11.4 Å². The van der Waals surface area contributed by atoms with Crippen LogP contribution < -0.4 is 4.90 Å². The van der Waals surface area contributed by atoms with Gasteiger partial charge >= 0.3 is 0 Å². The van der Waals surface area contributed by atoms with Crippen molar-refractivity contribution in [1.29, 1.82) is 0 Å². The molecule has 1 amide bonds. The molecule has 0 saturated carbocycles. The summed E-state index contributed by atoms with van der Waals surface area (Å²) in [5, 5.41) is 11.0. The Morgan fingerprint density at radius 2 is 1.88 bits per heavy atom. The number of carbonyl (C=O) groups excluding carboxylic acids is 2. The van der Waals surface area contributed by atoms with Crippen LogP contribution in [-0.4, -0.2) is 23.8 Å². The highest BCUT2D eigenvalue weighted by Gasteiger charge is 2.49. The molecule has 1 aliphatic rings. The lowest BCUT2D eigenvalue weighted by Gasteiger charge is -2.21. The summed E-state index contributed by atoms with van der Waals surface area (Å²) in [6, 6.07) is 12.5. The molecule has 0 aliphatic carbocycles. The predicted molar refractivity (Wildman–Crippen MR) is 96.2 cm³/mol. The molecule has 0 spiro atoms. The van der Waals surface area contributed by atoms with E-state index in [-0.39, 0.29) is 12.2 Å². The molecule has 0 bridgehead atoms. The van der Waals surface area contributed by atoms with Gasteiger partial charge in [-0.2, -0.15) is 0 Å². The molecule has 1 aliphatic heterocycles. The van der Waals surface area contributed by atoms with Crippen molar-refractivity contribution < 1.29 is 14.7 Å². The molecular weight excluding hydrogens is 370 g/mol. The summed E-state index contributed by atoms with van der Waals surface area (Å²) in [6.45, 7) is 2.04. The maximum absolute atomic E-state index is 12.6. The summed E-state index contributed by atoms with van der Waals surface area (Å²) >= 11 is 3.36. The lowest BCUT2D eigenvalue weighted by atomic mass is 9.88. The summed E-state index contributed by atoms with van der Waals surface area (Å²) in [4.78, 5) is 26.6. The first-order valence-electron chi connectivity index (χ1n) is 7.79. The zero-order valence-electron chi connectivity index (χ0n) is 13.5. The Labute approximate surface area is 149 Å². The van der Waals surface area contributed by atoms with Gasteiger partial charge in [-0.15, -0.1) is 0 Å². The molecule has 0 radical (unpaired) electrons. The van der Waals surface area contributed by atoms with Crippen molar-refractivity contribution in [3.8, 4) is 0 Å². The number of fused-ring (bicyclic) bond motifs is 1. The number of amides is 1. The van der Waals surface area contributed by atoms with Gasteiger partial charge in [0.05, 0.1) is 12.1 Å². The fraction of sp³-hybridized carbons (Fsp3) is 0.263. The Balaban J connectivity index is 1.95. The Kier molecular flexibility index (Phi) is 4.32. The lowest BCUT2D eigenvalue weighted by Crippen LogP contribution is -2.40. The molecule has 0 fully saturated rings. The third-order valence-electron chi connectivity index (χ3n) is 4.52. The van der Waals surface area contributed by atoms with E-state index < -0.39 is 11.5 Å². The number of benzene rings is 2. The molecular formula is C19H18BrNO3. The number of ketones is 1. The number of likely N-dealkylation sites (N-methyl/N-ethyl adjacent to an activating group) is 1. The van der Waals surface area contributed by atoms with Crippen molar-refractivity contribution in [2.75, 3.05) is 11.9 Å². The molecule has 124 valence electrons. The van der Waals surface area contributed by atoms with Crippen LogP contribution in [0.15, 0.2) is 46.9 Å². The minimum Gasteiger partial charge on any atom is -0.375 e. The van der Waals surface area contributed by atoms with E-state index in [1.165, 1.54) is 4.90 Å². The molecule has 4 nitrogen and oxygen atoms in total. The molecule has 3 rings (SSSR count). The average molecular weight is 388 g/mol. The first kappa shape index (κ1) is 16.9. The van der Waals surface area contributed by atoms with Gasteiger partial charge in [0.2, 0.25) is 0 Å². The fourth-order valence-corrected chi connectivity index (χ4v) is 3.43. The number of hydrogen-bond acceptors (Lipinski definition) is 3. The molecule has 5 heteroatoms. The molecule has 2 aromatic rings. The second-order valence-corrected chi connectivity index (χ2v) is 6.95. The van der Waals surface area contributed by atoms with Crippen LogP contribution >= 0.6 is 15.9 Å². The predicted octanol–water partition coefficient (Wildman–Crippen LogP) is 3.45. The number of carbonyl (C=O) groups is 2. The van der Waals surface area contributed by atoms with E-state index in [2.05, 4.69) is 15.9 Å². The van der Waals surface area contributed by atoms with Crippen LogP contribution in [0.1, 0.15) is 34.8 Å². The normalized spacial score (nSPS) is 19.5. The van der Waals surface area contributed by atoms with E-state index >= 15 is 0 Å². The van der Waals surface area contributed by atoms with Crippen molar-refractivity contribution in [1.82, 2.24) is 0 Å². The van der Waals surface area contributed by atoms with Crippen LogP contribution in [-0.2, 0) is 16.8 Å². The Morgan fingerprint density at radius 1 is 1.21 bits per heavy atom. The SMILES string of the molecule is CCc1ccc(C(=O)C[C@]2(O)C(=O)N(C)c3ccc(Br)cc32)cc1. The quantitative estimate of drug-likeness (QED) is 0.817. The standard InChI is InChI=1S/C19H18BrNO3/c1-3-12-4-6-13(7-5-12)17(22)11-19(24)15-10-14(20)8-9-16(15)21(2)18(19)23/h4-10,24H,3,11H2,1-2H3/t19-/m1/s1. The maximum atomic E-state index is 12.6. The zero-order valence-corrected chi connectivity index (χ0v) is 15.1. The molecule has 1 N–H and O–H groups in total. The Hall–Kier alpha value is -1.98. The van der Waals surface area contributed by atoms with Gasteiger partial charge in [0, 0.05) is 22.6 Å². The average Bonchev–Trinajstić information content (AvgIpc) is 2.76. The van der Waals surface area contributed by atoms with Gasteiger partial charge in [-0.05, 0) is 30.2 Å². The van der Waals surface area contributed by atoms with E-state index in [4.69, 9.17) is 0 Å². The van der Waals surface area contributed by atoms with Crippen LogP contribution in [0.4, 0.5) is 5.69 Å². The lowest BCUT2D eigenvalue weighted by molar-refractivity contribution is -0.135. The number of Topliss-reactive ketones (excluding diaryl/α,β-unsaturated/α-hetero) is 1. The van der Waals surface area contributed by atoms with Gasteiger partial charge in [-0.1, -0.05) is 47.1 Å². The van der Waals surface area contributed by atoms with Gasteiger partial charge in [-0.3, -0.25) is 9.59 Å². The van der Waals surface area contributed by atoms with Gasteiger partial charge in [0.1, 0.15) is 0 Å². The summed E-state index contributed by atoms with van der Waals surface area (Å²) < 4.78 is 0.752. The van der Waals surface area contributed by atoms with Crippen molar-refractivity contribution in [2.45, 2.75) is 25.4 Å². The largest absolute Gasteiger partial charge is 0.375 e. The summed E-state index contributed by atoms with van der Waals surface area (Å²) in [5.74, 6) is -0.733. The van der Waals surface area contributed by atoms with Crippen LogP contribution in [0.2, 0.25) is 0 Å². The van der Waals surface area contributed by atoms with Gasteiger partial charge in [0.25, 0.3) is 5.91 Å². The van der Waals surface area contributed by atoms with Crippen molar-refractivity contribution in [2.24, 2.45) is 0 Å². The molecule has 0 unspecified atom stereocenters. The molecule has 0 aromatic heterocycles. The van der Waals surface area contributed by atoms with Crippen LogP contribution in [0, 0.1) is 0 Å². The zero-order chi connectivity index (χ0) is 17.5. The van der Waals surface area contributed by atoms with E-state index in [1.54, 1.807) is 37.4 Å². The molecule has 2 aromatic carbocycles. The second-order valence-electron chi connectivity index (χ2n) is 6.04. The highest BCUT2D eigenvalue weighted by molar-refractivity contribution is 9.10. The van der Waals surface area contributed by atoms with Gasteiger partial charge in [-0.25, -0.2) is 0 Å². The summed E-state index contributed by atoms with van der Waals surface area (Å²) in [7, 11) is 1.60. The number of halogens is 1. The number of rotatable bonds is 4. The Bertz CT molecular complexity index is 816. The van der Waals surface area contributed by atoms with Crippen LogP contribution in [0.25, 0.3) is 0 Å². The molecule has 24 heavy (non-hydrogen) atoms. The van der Waals surface area contributed by atoms with E-state index in [0.29, 0.717) is 16.8 Å². The third-order valence-corrected chi connectivity index (χ3v) is 5.02. The van der Waals surface area contributed by atoms with Crippen molar-refractivity contribution in [3.63, 3.8) is 0 Å². The van der Waals surface area contributed by atoms with E-state index in [0.717, 1.165) is 16.5 Å².